The summed E-state index contributed by atoms with van der Waals surface area (Å²) in [4.78, 5) is 18.4. The van der Waals surface area contributed by atoms with Gasteiger partial charge in [-0.3, -0.25) is 9.69 Å². The number of carbonyl (C=O) groups is 1. The van der Waals surface area contributed by atoms with Gasteiger partial charge in [0.25, 0.3) is 0 Å². The standard InChI is InChI=1S/C15H23BrN4O/c1-2-20(10-13-5-3-4-8-17-13)11-15(21)19-14-7-6-12(16)9-18-14/h6-7,9,13,17H,2-5,8,10-11H2,1H3,(H,18,19,21). The van der Waals surface area contributed by atoms with Crippen LogP contribution in [0.5, 0.6) is 0 Å². The Morgan fingerprint density at radius 2 is 2.38 bits per heavy atom. The molecule has 0 aliphatic carbocycles. The molecule has 1 aromatic heterocycles. The number of anilines is 1. The minimum Gasteiger partial charge on any atom is -0.313 e. The summed E-state index contributed by atoms with van der Waals surface area (Å²) in [6, 6.07) is 4.17. The first-order chi connectivity index (χ1) is 10.2. The minimum atomic E-state index is -0.0116. The summed E-state index contributed by atoms with van der Waals surface area (Å²) >= 11 is 3.33. The van der Waals surface area contributed by atoms with Crippen LogP contribution in [0.1, 0.15) is 26.2 Å². The number of likely N-dealkylation sites (N-methyl/N-ethyl adjacent to an activating group) is 1. The lowest BCUT2D eigenvalue weighted by molar-refractivity contribution is -0.117. The van der Waals surface area contributed by atoms with Crippen molar-refractivity contribution in [1.29, 1.82) is 0 Å². The van der Waals surface area contributed by atoms with Gasteiger partial charge in [-0.05, 0) is 54.0 Å². The van der Waals surface area contributed by atoms with E-state index in [-0.39, 0.29) is 5.91 Å². The highest BCUT2D eigenvalue weighted by Crippen LogP contribution is 2.11. The third-order valence-electron chi connectivity index (χ3n) is 3.70. The lowest BCUT2D eigenvalue weighted by Gasteiger charge is -2.29. The lowest BCUT2D eigenvalue weighted by Crippen LogP contribution is -2.45. The van der Waals surface area contributed by atoms with E-state index in [2.05, 4.69) is 43.4 Å². The molecule has 5 nitrogen and oxygen atoms in total. The zero-order chi connectivity index (χ0) is 15.1. The lowest BCUT2D eigenvalue weighted by atomic mass is 10.0. The summed E-state index contributed by atoms with van der Waals surface area (Å²) in [5, 5.41) is 6.36. The van der Waals surface area contributed by atoms with Gasteiger partial charge in [0.05, 0.1) is 6.54 Å². The summed E-state index contributed by atoms with van der Waals surface area (Å²) < 4.78 is 0.902. The molecule has 1 unspecified atom stereocenters. The molecule has 1 fully saturated rings. The van der Waals surface area contributed by atoms with E-state index in [9.17, 15) is 4.79 Å². The molecule has 1 aliphatic rings. The van der Waals surface area contributed by atoms with Gasteiger partial charge in [-0.2, -0.15) is 0 Å². The predicted molar refractivity (Wildman–Crippen MR) is 88.3 cm³/mol. The molecule has 1 aromatic rings. The van der Waals surface area contributed by atoms with Crippen molar-refractivity contribution >= 4 is 27.7 Å². The van der Waals surface area contributed by atoms with Crippen LogP contribution in [0, 0.1) is 0 Å². The van der Waals surface area contributed by atoms with E-state index in [1.54, 1.807) is 12.3 Å². The van der Waals surface area contributed by atoms with Crippen LogP contribution in [-0.4, -0.2) is 48.0 Å². The molecule has 1 aliphatic heterocycles. The molecule has 0 saturated carbocycles. The molecule has 0 aromatic carbocycles. The molecule has 6 heteroatoms. The molecular weight excluding hydrogens is 332 g/mol. The second-order valence-corrected chi connectivity index (χ2v) is 6.30. The molecule has 2 rings (SSSR count). The van der Waals surface area contributed by atoms with E-state index in [0.29, 0.717) is 18.4 Å². The average Bonchev–Trinajstić information content (AvgIpc) is 2.50. The maximum Gasteiger partial charge on any atom is 0.239 e. The van der Waals surface area contributed by atoms with E-state index in [0.717, 1.165) is 24.1 Å². The van der Waals surface area contributed by atoms with Crippen LogP contribution < -0.4 is 10.6 Å². The second kappa shape index (κ2) is 8.46. The fourth-order valence-corrected chi connectivity index (χ4v) is 2.77. The predicted octanol–water partition coefficient (Wildman–Crippen LogP) is 2.25. The first kappa shape index (κ1) is 16.4. The molecule has 1 atom stereocenters. The Morgan fingerprint density at radius 1 is 1.52 bits per heavy atom. The van der Waals surface area contributed by atoms with Crippen LogP contribution in [-0.2, 0) is 4.79 Å². The quantitative estimate of drug-likeness (QED) is 0.822. The SMILES string of the molecule is CCN(CC(=O)Nc1ccc(Br)cn1)CC1CCCCN1. The zero-order valence-corrected chi connectivity index (χ0v) is 14.0. The highest BCUT2D eigenvalue weighted by atomic mass is 79.9. The van der Waals surface area contributed by atoms with Crippen molar-refractivity contribution in [2.24, 2.45) is 0 Å². The van der Waals surface area contributed by atoms with Gasteiger partial charge in [-0.1, -0.05) is 13.3 Å². The minimum absolute atomic E-state index is 0.0116. The highest BCUT2D eigenvalue weighted by Gasteiger charge is 2.17. The van der Waals surface area contributed by atoms with E-state index in [1.807, 2.05) is 6.07 Å². The molecule has 0 radical (unpaired) electrons. The number of carbonyl (C=O) groups excluding carboxylic acids is 1. The number of nitrogens with zero attached hydrogens (tertiary/aromatic N) is 2. The summed E-state index contributed by atoms with van der Waals surface area (Å²) in [7, 11) is 0. The van der Waals surface area contributed by atoms with Gasteiger partial charge in [0.1, 0.15) is 5.82 Å². The number of rotatable bonds is 6. The third kappa shape index (κ3) is 5.73. The van der Waals surface area contributed by atoms with Gasteiger partial charge < -0.3 is 10.6 Å². The maximum atomic E-state index is 12.1. The van der Waals surface area contributed by atoms with Gasteiger partial charge in [0.15, 0.2) is 0 Å². The van der Waals surface area contributed by atoms with Crippen LogP contribution in [0.4, 0.5) is 5.82 Å². The molecule has 116 valence electrons. The molecule has 2 N–H and O–H groups in total. The summed E-state index contributed by atoms with van der Waals surface area (Å²) in [5.41, 5.74) is 0. The first-order valence-electron chi connectivity index (χ1n) is 7.54. The van der Waals surface area contributed by atoms with Crippen molar-refractivity contribution in [2.75, 3.05) is 31.5 Å². The van der Waals surface area contributed by atoms with Crippen LogP contribution in [0.25, 0.3) is 0 Å². The zero-order valence-electron chi connectivity index (χ0n) is 12.4. The maximum absolute atomic E-state index is 12.1. The Kier molecular flexibility index (Phi) is 6.60. The number of hydrogen-bond donors (Lipinski definition) is 2. The van der Waals surface area contributed by atoms with E-state index >= 15 is 0 Å². The summed E-state index contributed by atoms with van der Waals surface area (Å²) in [6.45, 7) is 5.40. The van der Waals surface area contributed by atoms with Gasteiger partial charge in [0.2, 0.25) is 5.91 Å². The smallest absolute Gasteiger partial charge is 0.239 e. The van der Waals surface area contributed by atoms with Crippen molar-refractivity contribution < 1.29 is 4.79 Å². The van der Waals surface area contributed by atoms with Crippen LogP contribution in [0.2, 0.25) is 0 Å². The van der Waals surface area contributed by atoms with E-state index < -0.39 is 0 Å². The Bertz CT molecular complexity index is 445. The van der Waals surface area contributed by atoms with Crippen LogP contribution in [0.3, 0.4) is 0 Å². The number of pyridine rings is 1. The monoisotopic (exact) mass is 354 g/mol. The fourth-order valence-electron chi connectivity index (χ4n) is 2.53. The topological polar surface area (TPSA) is 57.3 Å². The Labute approximate surface area is 134 Å². The van der Waals surface area contributed by atoms with Crippen LogP contribution >= 0.6 is 15.9 Å². The normalized spacial score (nSPS) is 18.7. The Hall–Kier alpha value is -0.980. The Balaban J connectivity index is 1.79. The van der Waals surface area contributed by atoms with Gasteiger partial charge in [-0.25, -0.2) is 4.98 Å². The molecule has 0 bridgehead atoms. The van der Waals surface area contributed by atoms with Gasteiger partial charge >= 0.3 is 0 Å². The summed E-state index contributed by atoms with van der Waals surface area (Å²) in [5.74, 6) is 0.581. The van der Waals surface area contributed by atoms with Crippen LogP contribution in [0.15, 0.2) is 22.8 Å². The molecule has 1 amide bonds. The van der Waals surface area contributed by atoms with Gasteiger partial charge in [-0.15, -0.1) is 0 Å². The average molecular weight is 355 g/mol. The number of amides is 1. The molecule has 0 spiro atoms. The number of nitrogens with one attached hydrogen (secondary N) is 2. The van der Waals surface area contributed by atoms with Crippen molar-refractivity contribution in [3.05, 3.63) is 22.8 Å². The Morgan fingerprint density at radius 3 is 3.00 bits per heavy atom. The number of halogens is 1. The number of piperidine rings is 1. The molecule has 21 heavy (non-hydrogen) atoms. The van der Waals surface area contributed by atoms with E-state index in [1.165, 1.54) is 19.3 Å². The molecule has 1 saturated heterocycles. The fraction of sp³-hybridized carbons (Fsp3) is 0.600. The number of hydrogen-bond acceptors (Lipinski definition) is 4. The second-order valence-electron chi connectivity index (χ2n) is 5.38. The largest absolute Gasteiger partial charge is 0.313 e. The van der Waals surface area contributed by atoms with Crippen molar-refractivity contribution in [3.63, 3.8) is 0 Å². The first-order valence-corrected chi connectivity index (χ1v) is 8.34. The van der Waals surface area contributed by atoms with Gasteiger partial charge in [0, 0.05) is 23.3 Å². The summed E-state index contributed by atoms with van der Waals surface area (Å²) in [6.07, 6.45) is 5.42. The molecular formula is C15H23BrN4O. The van der Waals surface area contributed by atoms with Crippen molar-refractivity contribution in [3.8, 4) is 0 Å². The highest BCUT2D eigenvalue weighted by molar-refractivity contribution is 9.10. The van der Waals surface area contributed by atoms with E-state index in [4.69, 9.17) is 0 Å². The van der Waals surface area contributed by atoms with Crippen molar-refractivity contribution in [2.45, 2.75) is 32.2 Å². The number of aromatic nitrogens is 1. The van der Waals surface area contributed by atoms with Crippen molar-refractivity contribution in [1.82, 2.24) is 15.2 Å². The molecule has 2 heterocycles. The third-order valence-corrected chi connectivity index (χ3v) is 4.17.